The van der Waals surface area contributed by atoms with E-state index >= 15 is 0 Å². The lowest BCUT2D eigenvalue weighted by molar-refractivity contribution is 1.10. The number of nitrogens with zero attached hydrogens (tertiary/aromatic N) is 2. The molecule has 0 fully saturated rings. The number of benzene rings is 1. The van der Waals surface area contributed by atoms with E-state index in [-0.39, 0.29) is 0 Å². The number of aromatic amines is 1. The minimum atomic E-state index is 1.00. The highest BCUT2D eigenvalue weighted by atomic mass is 15.1. The first kappa shape index (κ1) is 8.17. The molecule has 3 nitrogen and oxygen atoms in total. The van der Waals surface area contributed by atoms with E-state index in [1.807, 2.05) is 24.3 Å². The molecule has 1 N–H and O–H groups in total. The van der Waals surface area contributed by atoms with Crippen LogP contribution in [-0.4, -0.2) is 15.2 Å². The van der Waals surface area contributed by atoms with Gasteiger partial charge in [-0.25, -0.2) is 0 Å². The van der Waals surface area contributed by atoms with Gasteiger partial charge in [0.05, 0.1) is 11.2 Å². The quantitative estimate of drug-likeness (QED) is 0.648. The molecule has 0 saturated carbocycles. The van der Waals surface area contributed by atoms with Crippen molar-refractivity contribution in [3.63, 3.8) is 0 Å². The number of hydrogen-bond acceptors (Lipinski definition) is 2. The van der Waals surface area contributed by atoms with Crippen LogP contribution < -0.4 is 0 Å². The molecular weight excluding hydrogens is 186 g/mol. The monoisotopic (exact) mass is 195 g/mol. The maximum absolute atomic E-state index is 4.32. The molecule has 3 rings (SSSR count). The van der Waals surface area contributed by atoms with Gasteiger partial charge in [0, 0.05) is 23.3 Å². The summed E-state index contributed by atoms with van der Waals surface area (Å²) < 4.78 is 0. The molecule has 0 aliphatic carbocycles. The molecule has 3 heteroatoms. The van der Waals surface area contributed by atoms with Gasteiger partial charge in [0.1, 0.15) is 0 Å². The van der Waals surface area contributed by atoms with E-state index in [0.29, 0.717) is 0 Å². The van der Waals surface area contributed by atoms with E-state index in [1.54, 1.807) is 12.4 Å². The molecule has 0 amide bonds. The number of hydrogen-bond donors (Lipinski definition) is 1. The molecule has 0 saturated heterocycles. The normalized spacial score (nSPS) is 10.7. The summed E-state index contributed by atoms with van der Waals surface area (Å²) >= 11 is 0. The fraction of sp³-hybridized carbons (Fsp3) is 0. The minimum absolute atomic E-state index is 1.00. The standard InChI is InChI=1S/C12H9N3/c1-3-10(12-6-8-14-15-12)9-4-2-7-13-11(9)5-1/h1-8H,(H,14,15). The Hall–Kier alpha value is -2.16. The molecule has 3 aromatic rings. The second-order valence-electron chi connectivity index (χ2n) is 3.35. The summed E-state index contributed by atoms with van der Waals surface area (Å²) in [7, 11) is 0. The Balaban J connectivity index is 2.36. The van der Waals surface area contributed by atoms with Crippen LogP contribution in [0.3, 0.4) is 0 Å². The Bertz CT molecular complexity index is 579. The van der Waals surface area contributed by atoms with Crippen LogP contribution in [0.25, 0.3) is 22.2 Å². The zero-order valence-corrected chi connectivity index (χ0v) is 8.01. The molecule has 2 heterocycles. The topological polar surface area (TPSA) is 41.6 Å². The van der Waals surface area contributed by atoms with Crippen molar-refractivity contribution in [2.75, 3.05) is 0 Å². The first-order valence-corrected chi connectivity index (χ1v) is 4.78. The third-order valence-electron chi connectivity index (χ3n) is 2.44. The predicted octanol–water partition coefficient (Wildman–Crippen LogP) is 2.62. The highest BCUT2D eigenvalue weighted by molar-refractivity contribution is 5.93. The Morgan fingerprint density at radius 2 is 1.93 bits per heavy atom. The number of H-pyrrole nitrogens is 1. The van der Waals surface area contributed by atoms with Crippen LogP contribution in [0, 0.1) is 0 Å². The number of nitrogens with one attached hydrogen (secondary N) is 1. The first-order valence-electron chi connectivity index (χ1n) is 4.78. The average Bonchev–Trinajstić information content (AvgIpc) is 2.82. The molecule has 0 spiro atoms. The Morgan fingerprint density at radius 3 is 2.80 bits per heavy atom. The van der Waals surface area contributed by atoms with Gasteiger partial charge in [-0.2, -0.15) is 5.10 Å². The van der Waals surface area contributed by atoms with Gasteiger partial charge in [0.15, 0.2) is 0 Å². The Labute approximate surface area is 86.8 Å². The highest BCUT2D eigenvalue weighted by Gasteiger charge is 2.03. The molecule has 0 unspecified atom stereocenters. The van der Waals surface area contributed by atoms with Crippen molar-refractivity contribution in [3.05, 3.63) is 48.8 Å². The van der Waals surface area contributed by atoms with Crippen molar-refractivity contribution in [1.29, 1.82) is 0 Å². The predicted molar refractivity (Wildman–Crippen MR) is 59.3 cm³/mol. The molecule has 0 aliphatic heterocycles. The van der Waals surface area contributed by atoms with Crippen LogP contribution in [0.4, 0.5) is 0 Å². The molecule has 1 aromatic carbocycles. The fourth-order valence-electron chi connectivity index (χ4n) is 1.74. The summed E-state index contributed by atoms with van der Waals surface area (Å²) in [5.74, 6) is 0. The van der Waals surface area contributed by atoms with E-state index in [9.17, 15) is 0 Å². The van der Waals surface area contributed by atoms with Crippen LogP contribution in [0.5, 0.6) is 0 Å². The van der Waals surface area contributed by atoms with Gasteiger partial charge in [0.25, 0.3) is 0 Å². The van der Waals surface area contributed by atoms with Gasteiger partial charge in [-0.15, -0.1) is 0 Å². The number of fused-ring (bicyclic) bond motifs is 1. The van der Waals surface area contributed by atoms with E-state index in [1.165, 1.54) is 0 Å². The maximum atomic E-state index is 4.32. The lowest BCUT2D eigenvalue weighted by atomic mass is 10.1. The van der Waals surface area contributed by atoms with Crippen LogP contribution in [0.2, 0.25) is 0 Å². The molecule has 2 aromatic heterocycles. The smallest absolute Gasteiger partial charge is 0.0708 e. The third kappa shape index (κ3) is 1.29. The van der Waals surface area contributed by atoms with Gasteiger partial charge in [-0.05, 0) is 18.2 Å². The maximum Gasteiger partial charge on any atom is 0.0708 e. The van der Waals surface area contributed by atoms with Gasteiger partial charge < -0.3 is 0 Å². The van der Waals surface area contributed by atoms with Gasteiger partial charge >= 0.3 is 0 Å². The lowest BCUT2D eigenvalue weighted by Gasteiger charge is -2.02. The molecule has 72 valence electrons. The summed E-state index contributed by atoms with van der Waals surface area (Å²) in [6.07, 6.45) is 3.56. The second-order valence-corrected chi connectivity index (χ2v) is 3.35. The number of rotatable bonds is 1. The number of pyridine rings is 1. The third-order valence-corrected chi connectivity index (χ3v) is 2.44. The lowest BCUT2D eigenvalue weighted by Crippen LogP contribution is -1.83. The van der Waals surface area contributed by atoms with Crippen molar-refractivity contribution >= 4 is 10.9 Å². The van der Waals surface area contributed by atoms with Crippen LogP contribution >= 0.6 is 0 Å². The summed E-state index contributed by atoms with van der Waals surface area (Å²) in [5, 5.41) is 8.07. The van der Waals surface area contributed by atoms with E-state index in [4.69, 9.17) is 0 Å². The minimum Gasteiger partial charge on any atom is -0.278 e. The van der Waals surface area contributed by atoms with Crippen molar-refractivity contribution in [2.45, 2.75) is 0 Å². The molecular formula is C12H9N3. The van der Waals surface area contributed by atoms with Gasteiger partial charge in [-0.3, -0.25) is 10.1 Å². The zero-order valence-electron chi connectivity index (χ0n) is 8.01. The summed E-state index contributed by atoms with van der Waals surface area (Å²) in [4.78, 5) is 4.32. The van der Waals surface area contributed by atoms with Gasteiger partial charge in [-0.1, -0.05) is 18.2 Å². The molecule has 0 atom stereocenters. The van der Waals surface area contributed by atoms with E-state index in [2.05, 4.69) is 27.3 Å². The fourth-order valence-corrected chi connectivity index (χ4v) is 1.74. The summed E-state index contributed by atoms with van der Waals surface area (Å²) in [5.41, 5.74) is 3.16. The van der Waals surface area contributed by atoms with Gasteiger partial charge in [0.2, 0.25) is 0 Å². The second kappa shape index (κ2) is 3.20. The van der Waals surface area contributed by atoms with Crippen molar-refractivity contribution < 1.29 is 0 Å². The summed E-state index contributed by atoms with van der Waals surface area (Å²) in [6, 6.07) is 12.1. The molecule has 0 bridgehead atoms. The van der Waals surface area contributed by atoms with Crippen molar-refractivity contribution in [2.24, 2.45) is 0 Å². The largest absolute Gasteiger partial charge is 0.278 e. The first-order chi connectivity index (χ1) is 7.45. The van der Waals surface area contributed by atoms with Crippen LogP contribution in [0.15, 0.2) is 48.8 Å². The van der Waals surface area contributed by atoms with Crippen LogP contribution in [-0.2, 0) is 0 Å². The highest BCUT2D eigenvalue weighted by Crippen LogP contribution is 2.25. The molecule has 15 heavy (non-hydrogen) atoms. The van der Waals surface area contributed by atoms with Crippen LogP contribution in [0.1, 0.15) is 0 Å². The zero-order chi connectivity index (χ0) is 10.1. The van der Waals surface area contributed by atoms with Crippen molar-refractivity contribution in [3.8, 4) is 11.3 Å². The SMILES string of the molecule is c1cc(-c2ccn[nH]2)c2cccnc2c1. The Kier molecular flexibility index (Phi) is 1.75. The number of aromatic nitrogens is 3. The van der Waals surface area contributed by atoms with Crippen molar-refractivity contribution in [1.82, 2.24) is 15.2 Å². The molecule has 0 aliphatic rings. The van der Waals surface area contributed by atoms with E-state index < -0.39 is 0 Å². The average molecular weight is 195 g/mol. The molecule has 0 radical (unpaired) electrons. The van der Waals surface area contributed by atoms with E-state index in [0.717, 1.165) is 22.2 Å². The summed E-state index contributed by atoms with van der Waals surface area (Å²) in [6.45, 7) is 0. The Morgan fingerprint density at radius 1 is 0.933 bits per heavy atom.